The van der Waals surface area contributed by atoms with Crippen LogP contribution in [0.3, 0.4) is 0 Å². The zero-order valence-corrected chi connectivity index (χ0v) is 30.5. The lowest BCUT2D eigenvalue weighted by Gasteiger charge is -2.35. The van der Waals surface area contributed by atoms with Gasteiger partial charge in [-0.1, -0.05) is 38.4 Å². The van der Waals surface area contributed by atoms with Crippen molar-refractivity contribution in [1.82, 2.24) is 20.5 Å². The topological polar surface area (TPSA) is 172 Å². The second-order valence-electron chi connectivity index (χ2n) is 14.2. The number of nitrogens with one attached hydrogen (secondary N) is 2. The fourth-order valence-corrected chi connectivity index (χ4v) is 7.12. The Kier molecular flexibility index (Phi) is 11.0. The van der Waals surface area contributed by atoms with Gasteiger partial charge in [-0.05, 0) is 49.7 Å². The summed E-state index contributed by atoms with van der Waals surface area (Å²) in [5, 5.41) is 6.17. The molecule has 0 unspecified atom stereocenters. The summed E-state index contributed by atoms with van der Waals surface area (Å²) in [6, 6.07) is 2.49. The van der Waals surface area contributed by atoms with Crippen molar-refractivity contribution in [3.63, 3.8) is 0 Å². The van der Waals surface area contributed by atoms with Gasteiger partial charge in [-0.2, -0.15) is 0 Å². The molecule has 276 valence electrons. The summed E-state index contributed by atoms with van der Waals surface area (Å²) in [4.78, 5) is 72.8. The van der Waals surface area contributed by atoms with Gasteiger partial charge >= 0.3 is 18.0 Å². The molecule has 3 fully saturated rings. The minimum absolute atomic E-state index is 0.00176. The number of amides is 3. The van der Waals surface area contributed by atoms with Crippen LogP contribution in [0.15, 0.2) is 30.9 Å². The van der Waals surface area contributed by atoms with E-state index in [0.29, 0.717) is 11.1 Å². The lowest BCUT2D eigenvalue weighted by atomic mass is 9.85. The third-order valence-corrected chi connectivity index (χ3v) is 10.1. The number of carbonyl (C=O) groups is 5. The van der Waals surface area contributed by atoms with E-state index in [9.17, 15) is 24.0 Å². The summed E-state index contributed by atoms with van der Waals surface area (Å²) in [5.41, 5.74) is -1.98. The molecule has 1 saturated heterocycles. The molecule has 14 nitrogen and oxygen atoms in total. The molecule has 1 aromatic carbocycles. The molecular weight excluding hydrogens is 684 g/mol. The third kappa shape index (κ3) is 7.70. The number of alkyl carbamates (subject to hydrolysis) is 1. The van der Waals surface area contributed by atoms with Gasteiger partial charge in [-0.15, -0.1) is 6.58 Å². The molecule has 2 N–H and O–H groups in total. The summed E-state index contributed by atoms with van der Waals surface area (Å²) in [6.07, 6.45) is 3.54. The number of esters is 2. The number of pyridine rings is 1. The number of benzene rings is 1. The number of likely N-dealkylation sites (tertiary alicyclic amines) is 1. The normalized spacial score (nSPS) is 23.6. The van der Waals surface area contributed by atoms with Crippen LogP contribution in [0.5, 0.6) is 11.5 Å². The molecule has 2 saturated carbocycles. The molecule has 2 aliphatic carbocycles. The highest BCUT2D eigenvalue weighted by molar-refractivity contribution is 6.36. The van der Waals surface area contributed by atoms with Gasteiger partial charge < -0.3 is 39.2 Å². The maximum atomic E-state index is 14.5. The third-order valence-electron chi connectivity index (χ3n) is 9.75. The van der Waals surface area contributed by atoms with E-state index in [-0.39, 0.29) is 53.4 Å². The highest BCUT2D eigenvalue weighted by atomic mass is 35.5. The molecule has 2 aromatic rings. The molecule has 15 heteroatoms. The van der Waals surface area contributed by atoms with Crippen molar-refractivity contribution in [2.75, 3.05) is 27.9 Å². The number of ether oxygens (including phenoxy) is 5. The number of rotatable bonds is 11. The number of fused-ring (bicyclic) bond motifs is 1. The van der Waals surface area contributed by atoms with E-state index < -0.39 is 59.0 Å². The van der Waals surface area contributed by atoms with Crippen LogP contribution in [-0.2, 0) is 28.6 Å². The Bertz CT molecular complexity index is 1720. The van der Waals surface area contributed by atoms with Crippen molar-refractivity contribution in [2.24, 2.45) is 11.3 Å². The molecule has 0 spiro atoms. The zero-order chi connectivity index (χ0) is 37.2. The largest absolute Gasteiger partial charge is 0.495 e. The van der Waals surface area contributed by atoms with E-state index in [1.54, 1.807) is 39.0 Å². The van der Waals surface area contributed by atoms with Crippen LogP contribution in [0.25, 0.3) is 10.9 Å². The summed E-state index contributed by atoms with van der Waals surface area (Å²) < 4.78 is 27.3. The molecule has 3 aliphatic rings. The van der Waals surface area contributed by atoms with Crippen LogP contribution in [-0.4, -0.2) is 97.4 Å². The molecule has 5 rings (SSSR count). The first-order chi connectivity index (χ1) is 24.2. The van der Waals surface area contributed by atoms with Crippen molar-refractivity contribution < 1.29 is 47.7 Å². The minimum Gasteiger partial charge on any atom is -0.495 e. The van der Waals surface area contributed by atoms with Gasteiger partial charge in [-0.3, -0.25) is 9.59 Å². The SMILES string of the molecule is C=C[C@@H]1C[C@]1(NC(=O)[C@@H]1C[C@@H](Oc2cc(C(=O)OC)nc3c(Cl)c(OC)ccc23)CN1C(=O)[C@@H](NC(=O)OC1CCCC1)C(C)(C)C)C(=O)OC. The van der Waals surface area contributed by atoms with Gasteiger partial charge in [0.15, 0.2) is 5.69 Å². The summed E-state index contributed by atoms with van der Waals surface area (Å²) in [5.74, 6) is -2.34. The Morgan fingerprint density at radius 3 is 2.35 bits per heavy atom. The second-order valence-corrected chi connectivity index (χ2v) is 14.6. The molecule has 1 aromatic heterocycles. The van der Waals surface area contributed by atoms with Crippen molar-refractivity contribution in [3.8, 4) is 11.5 Å². The average Bonchev–Trinajstić information content (AvgIpc) is 3.36. The van der Waals surface area contributed by atoms with Crippen LogP contribution in [0, 0.1) is 11.3 Å². The second kappa shape index (κ2) is 14.9. The van der Waals surface area contributed by atoms with E-state index in [4.69, 9.17) is 35.3 Å². The number of hydrogen-bond acceptors (Lipinski definition) is 11. The number of nitrogens with zero attached hydrogens (tertiary/aromatic N) is 2. The Balaban J connectivity index is 1.49. The van der Waals surface area contributed by atoms with Crippen molar-refractivity contribution >= 4 is 52.4 Å². The van der Waals surface area contributed by atoms with Crippen molar-refractivity contribution in [3.05, 3.63) is 41.6 Å². The lowest BCUT2D eigenvalue weighted by Crippen LogP contribution is -2.59. The van der Waals surface area contributed by atoms with Gasteiger partial charge in [-0.25, -0.2) is 19.4 Å². The van der Waals surface area contributed by atoms with Crippen LogP contribution in [0.4, 0.5) is 4.79 Å². The lowest BCUT2D eigenvalue weighted by molar-refractivity contribution is -0.148. The fourth-order valence-electron chi connectivity index (χ4n) is 6.84. The first-order valence-electron chi connectivity index (χ1n) is 16.9. The maximum Gasteiger partial charge on any atom is 0.408 e. The van der Waals surface area contributed by atoms with Crippen LogP contribution < -0.4 is 20.1 Å². The standard InChI is InChI=1S/C36H45ClN4O10/c1-8-19-17-36(19,33(45)49-7)40-30(42)24-15-21(18-41(24)31(43)29(35(2,3)4)39-34(46)51-20-11-9-10-12-20)50-26-16-23(32(44)48-6)38-28-22(26)13-14-25(47-5)27(28)37/h8,13-14,16,19-21,24,29H,1,9-12,15,17-18H2,2-7H3,(H,39,46)(H,40,42)/t19-,21-,24+,29-,36-/m1/s1. The summed E-state index contributed by atoms with van der Waals surface area (Å²) in [6.45, 7) is 9.08. The summed E-state index contributed by atoms with van der Waals surface area (Å²) in [7, 11) is 3.89. The van der Waals surface area contributed by atoms with Gasteiger partial charge in [0, 0.05) is 23.8 Å². The van der Waals surface area contributed by atoms with Gasteiger partial charge in [0.25, 0.3) is 0 Å². The van der Waals surface area contributed by atoms with Crippen molar-refractivity contribution in [1.29, 1.82) is 0 Å². The monoisotopic (exact) mass is 728 g/mol. The molecule has 5 atom stereocenters. The van der Waals surface area contributed by atoms with E-state index >= 15 is 0 Å². The van der Waals surface area contributed by atoms with E-state index in [1.165, 1.54) is 32.3 Å². The number of halogens is 1. The quantitative estimate of drug-likeness (QED) is 0.192. The van der Waals surface area contributed by atoms with E-state index in [0.717, 1.165) is 25.7 Å². The van der Waals surface area contributed by atoms with Gasteiger partial charge in [0.05, 0.1) is 33.4 Å². The molecule has 0 radical (unpaired) electrons. The van der Waals surface area contributed by atoms with E-state index in [2.05, 4.69) is 22.2 Å². The average molecular weight is 729 g/mol. The first-order valence-corrected chi connectivity index (χ1v) is 17.3. The Labute approximate surface area is 301 Å². The predicted molar refractivity (Wildman–Crippen MR) is 185 cm³/mol. The zero-order valence-electron chi connectivity index (χ0n) is 29.7. The summed E-state index contributed by atoms with van der Waals surface area (Å²) >= 11 is 6.59. The minimum atomic E-state index is -1.32. The number of hydrogen-bond donors (Lipinski definition) is 2. The van der Waals surface area contributed by atoms with E-state index in [1.807, 2.05) is 0 Å². The Hall–Kier alpha value is -4.59. The van der Waals surface area contributed by atoms with Gasteiger partial charge in [0.1, 0.15) is 46.4 Å². The maximum absolute atomic E-state index is 14.5. The Morgan fingerprint density at radius 1 is 1.06 bits per heavy atom. The number of carbonyl (C=O) groups excluding carboxylic acids is 5. The highest BCUT2D eigenvalue weighted by Gasteiger charge is 2.62. The molecule has 1 aliphatic heterocycles. The smallest absolute Gasteiger partial charge is 0.408 e. The highest BCUT2D eigenvalue weighted by Crippen LogP contribution is 2.46. The van der Waals surface area contributed by atoms with Crippen LogP contribution in [0.2, 0.25) is 5.02 Å². The van der Waals surface area contributed by atoms with Crippen LogP contribution >= 0.6 is 11.6 Å². The number of aromatic nitrogens is 1. The molecule has 3 amide bonds. The molecule has 2 heterocycles. The predicted octanol–water partition coefficient (Wildman–Crippen LogP) is 4.35. The van der Waals surface area contributed by atoms with Crippen molar-refractivity contribution in [2.45, 2.75) is 89.1 Å². The first kappa shape index (κ1) is 37.7. The Morgan fingerprint density at radius 2 is 1.76 bits per heavy atom. The molecule has 0 bridgehead atoms. The molecular formula is C36H45ClN4O10. The van der Waals surface area contributed by atoms with Crippen LogP contribution in [0.1, 0.15) is 69.8 Å². The fraction of sp³-hybridized carbons (Fsp3) is 0.556. The number of methoxy groups -OCH3 is 3. The van der Waals surface area contributed by atoms with Gasteiger partial charge in [0.2, 0.25) is 11.8 Å². The molecule has 51 heavy (non-hydrogen) atoms.